The van der Waals surface area contributed by atoms with E-state index in [0.717, 1.165) is 0 Å². The fourth-order valence-corrected chi connectivity index (χ4v) is 0.678. The number of isocyanates is 2. The summed E-state index contributed by atoms with van der Waals surface area (Å²) < 4.78 is 0. The molecule has 0 heterocycles. The van der Waals surface area contributed by atoms with Crippen LogP contribution in [0.1, 0.15) is 20.3 Å². The van der Waals surface area contributed by atoms with Crippen molar-refractivity contribution in [1.29, 1.82) is 0 Å². The van der Waals surface area contributed by atoms with Gasteiger partial charge in [-0.15, -0.1) is 0 Å². The van der Waals surface area contributed by atoms with Crippen molar-refractivity contribution in [3.8, 4) is 0 Å². The minimum Gasteiger partial charge on any atom is -0.211 e. The molecular weight excluding hydrogens is 144 g/mol. The van der Waals surface area contributed by atoms with Gasteiger partial charge in [0.1, 0.15) is 0 Å². The summed E-state index contributed by atoms with van der Waals surface area (Å²) in [5.74, 6) is 0.342. The highest BCUT2D eigenvalue weighted by Gasteiger charge is 2.06. The smallest absolute Gasteiger partial charge is 0.211 e. The van der Waals surface area contributed by atoms with E-state index in [1.807, 2.05) is 13.8 Å². The third-order valence-electron chi connectivity index (χ3n) is 1.09. The largest absolute Gasteiger partial charge is 0.237 e. The molecule has 0 saturated heterocycles. The Balaban J connectivity index is 4.10. The number of carbonyl (C=O) groups excluding carboxylic acids is 2. The Morgan fingerprint density at radius 1 is 1.18 bits per heavy atom. The van der Waals surface area contributed by atoms with Crippen LogP contribution in [0.25, 0.3) is 0 Å². The molecule has 0 aromatic heterocycles. The molecular formula is C7H10N2O2. The monoisotopic (exact) mass is 154 g/mol. The molecule has 0 N–H and O–H groups in total. The first-order chi connectivity index (χ1) is 5.20. The standard InChI is InChI=1S/C7H10N2O2/c1-6(2)3-7(8-4-10)9-5-11/h6-7H,3H2,1-2H3. The van der Waals surface area contributed by atoms with Gasteiger partial charge in [-0.25, -0.2) is 9.59 Å². The van der Waals surface area contributed by atoms with Gasteiger partial charge in [0.25, 0.3) is 0 Å². The van der Waals surface area contributed by atoms with Gasteiger partial charge in [-0.2, -0.15) is 9.98 Å². The molecule has 0 spiro atoms. The molecule has 0 fully saturated rings. The molecule has 0 aliphatic rings. The fourth-order valence-electron chi connectivity index (χ4n) is 0.678. The number of hydrogen-bond donors (Lipinski definition) is 0. The predicted octanol–water partition coefficient (Wildman–Crippen LogP) is 1.03. The van der Waals surface area contributed by atoms with Crippen LogP contribution in [-0.4, -0.2) is 18.3 Å². The topological polar surface area (TPSA) is 58.9 Å². The Kier molecular flexibility index (Phi) is 4.91. The zero-order valence-electron chi connectivity index (χ0n) is 6.57. The van der Waals surface area contributed by atoms with E-state index < -0.39 is 6.17 Å². The molecule has 0 aliphatic carbocycles. The van der Waals surface area contributed by atoms with E-state index in [-0.39, 0.29) is 0 Å². The molecule has 0 unspecified atom stereocenters. The van der Waals surface area contributed by atoms with Gasteiger partial charge in [-0.05, 0) is 12.3 Å². The predicted molar refractivity (Wildman–Crippen MR) is 39.5 cm³/mol. The van der Waals surface area contributed by atoms with Crippen LogP contribution in [0.5, 0.6) is 0 Å². The molecule has 0 rings (SSSR count). The Morgan fingerprint density at radius 3 is 1.91 bits per heavy atom. The zero-order valence-corrected chi connectivity index (χ0v) is 6.57. The van der Waals surface area contributed by atoms with E-state index in [2.05, 4.69) is 9.98 Å². The molecule has 0 atom stereocenters. The van der Waals surface area contributed by atoms with Crippen molar-refractivity contribution in [2.75, 3.05) is 0 Å². The lowest BCUT2D eigenvalue weighted by Crippen LogP contribution is -2.04. The first kappa shape index (κ1) is 9.76. The molecule has 0 aromatic rings. The van der Waals surface area contributed by atoms with Gasteiger partial charge in [0.05, 0.1) is 0 Å². The molecule has 0 radical (unpaired) electrons. The molecule has 4 heteroatoms. The van der Waals surface area contributed by atoms with Gasteiger partial charge in [-0.1, -0.05) is 13.8 Å². The highest BCUT2D eigenvalue weighted by Crippen LogP contribution is 2.07. The molecule has 0 aromatic carbocycles. The van der Waals surface area contributed by atoms with Gasteiger partial charge < -0.3 is 0 Å². The van der Waals surface area contributed by atoms with Gasteiger partial charge in [0.15, 0.2) is 6.17 Å². The lowest BCUT2D eigenvalue weighted by molar-refractivity contribution is 0.494. The maximum atomic E-state index is 9.79. The Bertz CT molecular complexity index is 182. The van der Waals surface area contributed by atoms with E-state index >= 15 is 0 Å². The summed E-state index contributed by atoms with van der Waals surface area (Å²) in [6.45, 7) is 3.90. The second-order valence-electron chi connectivity index (χ2n) is 2.55. The second-order valence-corrected chi connectivity index (χ2v) is 2.55. The van der Waals surface area contributed by atoms with Crippen LogP contribution in [0.15, 0.2) is 9.98 Å². The van der Waals surface area contributed by atoms with Gasteiger partial charge in [0.2, 0.25) is 12.2 Å². The lowest BCUT2D eigenvalue weighted by Gasteiger charge is -2.04. The average molecular weight is 154 g/mol. The number of aliphatic imine (C=N–C) groups is 2. The minimum absolute atomic E-state index is 0.342. The summed E-state index contributed by atoms with van der Waals surface area (Å²) in [6.07, 6.45) is 2.70. The molecule has 0 amide bonds. The van der Waals surface area contributed by atoms with Crippen LogP contribution >= 0.6 is 0 Å². The molecule has 60 valence electrons. The van der Waals surface area contributed by atoms with E-state index in [1.54, 1.807) is 0 Å². The van der Waals surface area contributed by atoms with Crippen LogP contribution in [0.3, 0.4) is 0 Å². The summed E-state index contributed by atoms with van der Waals surface area (Å²) in [5, 5.41) is 0. The third kappa shape index (κ3) is 5.22. The van der Waals surface area contributed by atoms with Crippen LogP contribution in [0.4, 0.5) is 0 Å². The molecule has 0 aliphatic heterocycles. The highest BCUT2D eigenvalue weighted by atomic mass is 16.1. The quantitative estimate of drug-likeness (QED) is 0.448. The van der Waals surface area contributed by atoms with Crippen molar-refractivity contribution >= 4 is 12.2 Å². The first-order valence-electron chi connectivity index (χ1n) is 3.34. The van der Waals surface area contributed by atoms with Crippen LogP contribution in [-0.2, 0) is 9.59 Å². The van der Waals surface area contributed by atoms with Gasteiger partial charge in [-0.3, -0.25) is 0 Å². The Labute approximate surface area is 65.0 Å². The maximum absolute atomic E-state index is 9.79. The van der Waals surface area contributed by atoms with Crippen molar-refractivity contribution in [1.82, 2.24) is 0 Å². The van der Waals surface area contributed by atoms with Crippen molar-refractivity contribution < 1.29 is 9.59 Å². The van der Waals surface area contributed by atoms with Crippen LogP contribution in [0.2, 0.25) is 0 Å². The summed E-state index contributed by atoms with van der Waals surface area (Å²) in [7, 11) is 0. The van der Waals surface area contributed by atoms with Crippen LogP contribution in [0, 0.1) is 5.92 Å². The van der Waals surface area contributed by atoms with E-state index in [9.17, 15) is 9.59 Å². The summed E-state index contributed by atoms with van der Waals surface area (Å²) in [4.78, 5) is 26.2. The van der Waals surface area contributed by atoms with E-state index in [0.29, 0.717) is 12.3 Å². The highest BCUT2D eigenvalue weighted by molar-refractivity contribution is 5.36. The lowest BCUT2D eigenvalue weighted by atomic mass is 10.1. The maximum Gasteiger partial charge on any atom is 0.237 e. The summed E-state index contributed by atoms with van der Waals surface area (Å²) in [6, 6.07) is 0. The normalized spacial score (nSPS) is 11.5. The first-order valence-corrected chi connectivity index (χ1v) is 3.34. The van der Waals surface area contributed by atoms with Crippen molar-refractivity contribution in [3.63, 3.8) is 0 Å². The summed E-state index contributed by atoms with van der Waals surface area (Å²) in [5.41, 5.74) is 0. The number of nitrogens with zero attached hydrogens (tertiary/aromatic N) is 2. The second kappa shape index (κ2) is 5.54. The number of hydrogen-bond acceptors (Lipinski definition) is 4. The molecule has 11 heavy (non-hydrogen) atoms. The zero-order chi connectivity index (χ0) is 8.69. The number of rotatable bonds is 4. The van der Waals surface area contributed by atoms with Gasteiger partial charge >= 0.3 is 0 Å². The minimum atomic E-state index is -0.593. The Hall–Kier alpha value is -1.24. The summed E-state index contributed by atoms with van der Waals surface area (Å²) >= 11 is 0. The van der Waals surface area contributed by atoms with Crippen molar-refractivity contribution in [2.24, 2.45) is 15.9 Å². The van der Waals surface area contributed by atoms with Gasteiger partial charge in [0, 0.05) is 0 Å². The fraction of sp³-hybridized carbons (Fsp3) is 0.714. The van der Waals surface area contributed by atoms with Crippen molar-refractivity contribution in [3.05, 3.63) is 0 Å². The molecule has 0 bridgehead atoms. The Morgan fingerprint density at radius 2 is 1.64 bits per heavy atom. The van der Waals surface area contributed by atoms with Crippen LogP contribution < -0.4 is 0 Å². The third-order valence-corrected chi connectivity index (χ3v) is 1.09. The average Bonchev–Trinajstić information content (AvgIpc) is 1.87. The SMILES string of the molecule is CC(C)CC(N=C=O)N=C=O. The molecule has 4 nitrogen and oxygen atoms in total. The van der Waals surface area contributed by atoms with E-state index in [1.165, 1.54) is 12.2 Å². The molecule has 0 saturated carbocycles. The van der Waals surface area contributed by atoms with E-state index in [4.69, 9.17) is 0 Å². The van der Waals surface area contributed by atoms with Crippen molar-refractivity contribution in [2.45, 2.75) is 26.4 Å².